The van der Waals surface area contributed by atoms with Crippen LogP contribution in [0.25, 0.3) is 0 Å². The van der Waals surface area contributed by atoms with Crippen molar-refractivity contribution in [3.05, 3.63) is 35.9 Å². The monoisotopic (exact) mass is 333 g/mol. The Balaban J connectivity index is 2.51. The zero-order chi connectivity index (χ0) is 17.6. The van der Waals surface area contributed by atoms with E-state index in [2.05, 4.69) is 12.2 Å². The van der Waals surface area contributed by atoms with E-state index in [0.717, 1.165) is 24.8 Å². The fraction of sp³-hybridized carbons (Fsp3) is 0.526. The van der Waals surface area contributed by atoms with E-state index in [1.807, 2.05) is 18.2 Å². The third-order valence-corrected chi connectivity index (χ3v) is 4.45. The quantitative estimate of drug-likeness (QED) is 0.568. The Morgan fingerprint density at radius 1 is 1.29 bits per heavy atom. The van der Waals surface area contributed by atoms with Gasteiger partial charge in [0.05, 0.1) is 7.11 Å². The number of allylic oxidation sites excluding steroid dienone is 2. The van der Waals surface area contributed by atoms with Gasteiger partial charge in [0.1, 0.15) is 0 Å². The number of hydrogen-bond donors (Lipinski definition) is 0. The highest BCUT2D eigenvalue weighted by Crippen LogP contribution is 2.46. The van der Waals surface area contributed by atoms with Gasteiger partial charge in [-0.3, -0.25) is 4.79 Å². The molecule has 1 aliphatic rings. The van der Waals surface area contributed by atoms with Gasteiger partial charge in [-0.2, -0.15) is 0 Å². The molecule has 1 aliphatic carbocycles. The van der Waals surface area contributed by atoms with Gasteiger partial charge in [0.15, 0.2) is 18.3 Å². The first kappa shape index (κ1) is 18.3. The van der Waals surface area contributed by atoms with E-state index < -0.39 is 0 Å². The smallest absolute Gasteiger partial charge is 0.223 e. The van der Waals surface area contributed by atoms with Crippen LogP contribution in [0.2, 0.25) is 0 Å². The Labute approximate surface area is 144 Å². The second kappa shape index (κ2) is 8.20. The molecule has 24 heavy (non-hydrogen) atoms. The minimum atomic E-state index is -0.378. The maximum Gasteiger partial charge on any atom is 0.223 e. The van der Waals surface area contributed by atoms with Crippen LogP contribution in [0, 0.1) is 0 Å². The Morgan fingerprint density at radius 2 is 2.08 bits per heavy atom. The average molecular weight is 333 g/mol. The molecule has 0 heterocycles. The number of amides is 1. The Hall–Kier alpha value is -2.01. The highest BCUT2D eigenvalue weighted by Gasteiger charge is 2.37. The molecule has 2 rings (SSSR count). The lowest BCUT2D eigenvalue weighted by molar-refractivity contribution is -0.129. The van der Waals surface area contributed by atoms with Gasteiger partial charge in [0, 0.05) is 38.6 Å². The molecule has 1 atom stereocenters. The molecule has 0 aromatic heterocycles. The number of para-hydroxylation sites is 1. The van der Waals surface area contributed by atoms with Crippen molar-refractivity contribution in [2.45, 2.75) is 31.1 Å². The molecule has 5 nitrogen and oxygen atoms in total. The van der Waals surface area contributed by atoms with Gasteiger partial charge in [0.2, 0.25) is 5.91 Å². The third kappa shape index (κ3) is 3.90. The first-order valence-corrected chi connectivity index (χ1v) is 8.21. The van der Waals surface area contributed by atoms with Crippen molar-refractivity contribution in [2.24, 2.45) is 0 Å². The molecule has 0 fully saturated rings. The van der Waals surface area contributed by atoms with Crippen LogP contribution in [0.15, 0.2) is 30.4 Å². The van der Waals surface area contributed by atoms with Crippen LogP contribution < -0.4 is 9.47 Å². The van der Waals surface area contributed by atoms with Gasteiger partial charge in [0.25, 0.3) is 0 Å². The van der Waals surface area contributed by atoms with Crippen LogP contribution >= 0.6 is 0 Å². The van der Waals surface area contributed by atoms with Crippen molar-refractivity contribution in [3.8, 4) is 11.5 Å². The average Bonchev–Trinajstić information content (AvgIpc) is 2.60. The Kier molecular flexibility index (Phi) is 6.26. The van der Waals surface area contributed by atoms with E-state index in [9.17, 15) is 4.79 Å². The van der Waals surface area contributed by atoms with Crippen LogP contribution in [-0.4, -0.2) is 45.9 Å². The standard InChI is InChI=1S/C19H27NO4/c1-20(2)17(21)13-19(11-6-5-7-12-19)15-9-8-10-16(23-4)18(15)24-14-22-3/h6,8-11H,5,7,12-14H2,1-4H3. The summed E-state index contributed by atoms with van der Waals surface area (Å²) in [6, 6.07) is 5.83. The minimum Gasteiger partial charge on any atom is -0.493 e. The predicted octanol–water partition coefficient (Wildman–Crippen LogP) is 3.13. The van der Waals surface area contributed by atoms with Crippen molar-refractivity contribution in [2.75, 3.05) is 35.1 Å². The molecule has 0 bridgehead atoms. The maximum absolute atomic E-state index is 12.5. The molecule has 132 valence electrons. The Morgan fingerprint density at radius 3 is 2.67 bits per heavy atom. The summed E-state index contributed by atoms with van der Waals surface area (Å²) in [5.74, 6) is 1.40. The highest BCUT2D eigenvalue weighted by atomic mass is 16.7. The number of hydrogen-bond acceptors (Lipinski definition) is 4. The van der Waals surface area contributed by atoms with Gasteiger partial charge >= 0.3 is 0 Å². The number of benzene rings is 1. The Bertz CT molecular complexity index is 597. The summed E-state index contributed by atoms with van der Waals surface area (Å²) in [5.41, 5.74) is 0.599. The molecular weight excluding hydrogens is 306 g/mol. The van der Waals surface area contributed by atoms with E-state index in [4.69, 9.17) is 14.2 Å². The highest BCUT2D eigenvalue weighted by molar-refractivity contribution is 5.78. The normalized spacial score (nSPS) is 19.8. The van der Waals surface area contributed by atoms with Crippen LogP contribution in [0.1, 0.15) is 31.2 Å². The van der Waals surface area contributed by atoms with E-state index in [1.54, 1.807) is 33.2 Å². The van der Waals surface area contributed by atoms with Gasteiger partial charge in [-0.15, -0.1) is 0 Å². The molecule has 1 aromatic rings. The fourth-order valence-electron chi connectivity index (χ4n) is 3.16. The molecule has 1 unspecified atom stereocenters. The lowest BCUT2D eigenvalue weighted by Gasteiger charge is -2.35. The van der Waals surface area contributed by atoms with Gasteiger partial charge in [-0.1, -0.05) is 24.3 Å². The zero-order valence-electron chi connectivity index (χ0n) is 15.0. The molecule has 0 aliphatic heterocycles. The molecular formula is C19H27NO4. The number of methoxy groups -OCH3 is 2. The number of carbonyl (C=O) groups is 1. The largest absolute Gasteiger partial charge is 0.493 e. The molecule has 1 aromatic carbocycles. The third-order valence-electron chi connectivity index (χ3n) is 4.45. The number of carbonyl (C=O) groups excluding carboxylic acids is 1. The summed E-state index contributed by atoms with van der Waals surface area (Å²) in [6.07, 6.45) is 7.71. The topological polar surface area (TPSA) is 48.0 Å². The molecule has 0 saturated heterocycles. The van der Waals surface area contributed by atoms with Gasteiger partial charge < -0.3 is 19.1 Å². The summed E-state index contributed by atoms with van der Waals surface area (Å²) in [7, 11) is 6.78. The van der Waals surface area contributed by atoms with Gasteiger partial charge in [-0.05, 0) is 25.3 Å². The summed E-state index contributed by atoms with van der Waals surface area (Å²) >= 11 is 0. The molecule has 0 saturated carbocycles. The lowest BCUT2D eigenvalue weighted by atomic mass is 9.70. The molecule has 0 spiro atoms. The second-order valence-corrected chi connectivity index (χ2v) is 6.30. The maximum atomic E-state index is 12.5. The molecule has 1 amide bonds. The molecule has 0 radical (unpaired) electrons. The van der Waals surface area contributed by atoms with Crippen molar-refractivity contribution in [3.63, 3.8) is 0 Å². The summed E-state index contributed by atoms with van der Waals surface area (Å²) < 4.78 is 16.4. The number of ether oxygens (including phenoxy) is 3. The van der Waals surface area contributed by atoms with Crippen LogP contribution in [-0.2, 0) is 14.9 Å². The van der Waals surface area contributed by atoms with Crippen molar-refractivity contribution < 1.29 is 19.0 Å². The van der Waals surface area contributed by atoms with Crippen LogP contribution in [0.3, 0.4) is 0 Å². The van der Waals surface area contributed by atoms with E-state index in [-0.39, 0.29) is 18.1 Å². The van der Waals surface area contributed by atoms with Crippen molar-refractivity contribution in [1.82, 2.24) is 4.90 Å². The van der Waals surface area contributed by atoms with Gasteiger partial charge in [-0.25, -0.2) is 0 Å². The first-order valence-electron chi connectivity index (χ1n) is 8.21. The first-order chi connectivity index (χ1) is 11.5. The predicted molar refractivity (Wildman–Crippen MR) is 93.5 cm³/mol. The fourth-order valence-corrected chi connectivity index (χ4v) is 3.16. The van der Waals surface area contributed by atoms with E-state index >= 15 is 0 Å². The summed E-state index contributed by atoms with van der Waals surface area (Å²) in [5, 5.41) is 0. The number of rotatable bonds is 7. The molecule has 5 heteroatoms. The van der Waals surface area contributed by atoms with E-state index in [1.165, 1.54) is 0 Å². The minimum absolute atomic E-state index is 0.0991. The SMILES string of the molecule is COCOc1c(OC)cccc1C1(CC(=O)N(C)C)C=CCCC1. The van der Waals surface area contributed by atoms with Crippen molar-refractivity contribution in [1.29, 1.82) is 0 Å². The van der Waals surface area contributed by atoms with Crippen LogP contribution in [0.5, 0.6) is 11.5 Å². The van der Waals surface area contributed by atoms with E-state index in [0.29, 0.717) is 17.9 Å². The summed E-state index contributed by atoms with van der Waals surface area (Å²) in [6.45, 7) is 0.134. The molecule has 0 N–H and O–H groups in total. The van der Waals surface area contributed by atoms with Crippen LogP contribution in [0.4, 0.5) is 0 Å². The zero-order valence-corrected chi connectivity index (χ0v) is 15.0. The van der Waals surface area contributed by atoms with Crippen molar-refractivity contribution >= 4 is 5.91 Å². The second-order valence-electron chi connectivity index (χ2n) is 6.30. The summed E-state index contributed by atoms with van der Waals surface area (Å²) in [4.78, 5) is 14.1. The number of nitrogens with zero attached hydrogens (tertiary/aromatic N) is 1. The lowest BCUT2D eigenvalue weighted by Crippen LogP contribution is -2.34.